The molecule has 2 unspecified atom stereocenters. The summed E-state index contributed by atoms with van der Waals surface area (Å²) < 4.78 is 0. The lowest BCUT2D eigenvalue weighted by atomic mass is 9.55. The minimum absolute atomic E-state index is 0.0167. The molecule has 2 saturated carbocycles. The van der Waals surface area contributed by atoms with Gasteiger partial charge in [0.1, 0.15) is 17.2 Å². The summed E-state index contributed by atoms with van der Waals surface area (Å²) in [6.45, 7) is 2.45. The average Bonchev–Trinajstić information content (AvgIpc) is 3.71. The fourth-order valence-electron chi connectivity index (χ4n) is 13.2. The first-order valence-electron chi connectivity index (χ1n) is 28.1. The lowest BCUT2D eigenvalue weighted by Crippen LogP contribution is -2.44. The van der Waals surface area contributed by atoms with Crippen LogP contribution in [-0.2, 0) is 45.1 Å². The molecule has 0 aliphatic heterocycles. The molecular weight excluding hydrogens is 1010 g/mol. The number of rotatable bonds is 24. The predicted molar refractivity (Wildman–Crippen MR) is 308 cm³/mol. The highest BCUT2D eigenvalue weighted by Gasteiger charge is 2.58. The van der Waals surface area contributed by atoms with E-state index in [1.807, 2.05) is 84.9 Å². The Balaban J connectivity index is 0.774. The van der Waals surface area contributed by atoms with Crippen LogP contribution in [0.5, 0.6) is 17.2 Å². The van der Waals surface area contributed by atoms with Crippen molar-refractivity contribution in [3.63, 3.8) is 0 Å². The summed E-state index contributed by atoms with van der Waals surface area (Å²) in [6, 6.07) is 46.2. The number of aryl methyl sites for hydroxylation is 2. The summed E-state index contributed by atoms with van der Waals surface area (Å²) in [5, 5.41) is 69.9. The summed E-state index contributed by atoms with van der Waals surface area (Å²) in [5.41, 5.74) is 9.66. The molecular formula is C66H74N4O10. The zero-order chi connectivity index (χ0) is 56.3. The van der Waals surface area contributed by atoms with Crippen LogP contribution in [0.4, 0.5) is 0 Å². The number of phenolic OH excluding ortho intramolecular Hbond substituents is 3. The second kappa shape index (κ2) is 26.0. The topological polar surface area (TPSA) is 220 Å². The van der Waals surface area contributed by atoms with Gasteiger partial charge in [-0.2, -0.15) is 0 Å². The summed E-state index contributed by atoms with van der Waals surface area (Å²) in [5.74, 6) is -1.17. The Hall–Kier alpha value is -7.78. The highest BCUT2D eigenvalue weighted by Crippen LogP contribution is 2.62. The van der Waals surface area contributed by atoms with E-state index in [0.29, 0.717) is 60.6 Å². The zero-order valence-electron chi connectivity index (χ0n) is 45.5. The molecule has 6 aromatic rings. The minimum atomic E-state index is -1.10. The molecule has 6 aromatic carbocycles. The largest absolute Gasteiger partial charge is 0.508 e. The Labute approximate surface area is 468 Å². The number of hydrogen-bond donors (Lipinski definition) is 8. The molecule has 0 bridgehead atoms. The molecule has 14 nitrogen and oxygen atoms in total. The van der Waals surface area contributed by atoms with Gasteiger partial charge < -0.3 is 41.3 Å². The molecule has 6 atom stereocenters. The van der Waals surface area contributed by atoms with Gasteiger partial charge in [0.2, 0.25) is 11.8 Å². The van der Waals surface area contributed by atoms with Gasteiger partial charge in [-0.15, -0.1) is 0 Å². The van der Waals surface area contributed by atoms with Crippen molar-refractivity contribution < 1.29 is 49.8 Å². The van der Waals surface area contributed by atoms with Crippen molar-refractivity contribution >= 4 is 34.9 Å². The maximum atomic E-state index is 13.2. The van der Waals surface area contributed by atoms with Crippen LogP contribution in [0.1, 0.15) is 108 Å². The lowest BCUT2D eigenvalue weighted by molar-refractivity contribution is -0.140. The van der Waals surface area contributed by atoms with Gasteiger partial charge in [-0.05, 0) is 154 Å². The van der Waals surface area contributed by atoms with Crippen LogP contribution in [-0.4, -0.2) is 110 Å². The van der Waals surface area contributed by atoms with Crippen LogP contribution < -0.4 is 10.6 Å². The molecule has 3 aliphatic carbocycles. The molecule has 0 spiro atoms. The number of nitrogens with one attached hydrogen (secondary N) is 2. The van der Waals surface area contributed by atoms with Crippen molar-refractivity contribution in [3.05, 3.63) is 196 Å². The number of aliphatic hydroxyl groups is 1. The number of phenols is 3. The lowest BCUT2D eigenvalue weighted by Gasteiger charge is -2.50. The maximum absolute atomic E-state index is 13.2. The number of amides is 2. The van der Waals surface area contributed by atoms with Crippen LogP contribution in [0.3, 0.4) is 0 Å². The van der Waals surface area contributed by atoms with Gasteiger partial charge in [-0.3, -0.25) is 29.0 Å². The van der Waals surface area contributed by atoms with Crippen LogP contribution in [0, 0.1) is 23.2 Å². The van der Waals surface area contributed by atoms with Crippen LogP contribution in [0.25, 0.3) is 11.1 Å². The van der Waals surface area contributed by atoms with Crippen molar-refractivity contribution in [1.82, 2.24) is 20.4 Å². The molecule has 80 heavy (non-hydrogen) atoms. The molecule has 2 fully saturated rings. The predicted octanol–water partition coefficient (Wildman–Crippen LogP) is 9.37. The quantitative estimate of drug-likeness (QED) is 0.0210. The molecule has 2 amide bonds. The van der Waals surface area contributed by atoms with Crippen LogP contribution in [0.2, 0.25) is 0 Å². The second-order valence-electron chi connectivity index (χ2n) is 22.4. The van der Waals surface area contributed by atoms with Gasteiger partial charge in [-0.25, -0.2) is 0 Å². The fraction of sp³-hybridized carbons (Fsp3) is 0.364. The third-order valence-corrected chi connectivity index (χ3v) is 17.1. The van der Waals surface area contributed by atoms with Crippen molar-refractivity contribution in [2.24, 2.45) is 23.2 Å². The Morgan fingerprint density at radius 1 is 0.625 bits per heavy atom. The minimum Gasteiger partial charge on any atom is -0.508 e. The zero-order valence-corrected chi connectivity index (χ0v) is 45.5. The highest BCUT2D eigenvalue weighted by molar-refractivity contribution is 6.04. The Kier molecular flexibility index (Phi) is 18.5. The molecule has 0 radical (unpaired) electrons. The molecule has 0 aromatic heterocycles. The van der Waals surface area contributed by atoms with Gasteiger partial charge in [0.25, 0.3) is 0 Å². The number of carboxylic acid groups (broad SMARTS) is 2. The number of fused-ring (bicyclic) bond motifs is 5. The molecule has 8 N–H and O–H groups in total. The number of aliphatic carboxylic acids is 2. The first-order chi connectivity index (χ1) is 38.6. The van der Waals surface area contributed by atoms with E-state index in [2.05, 4.69) is 47.9 Å². The van der Waals surface area contributed by atoms with Crippen molar-refractivity contribution in [1.29, 1.82) is 0 Å². The molecule has 14 heteroatoms. The third-order valence-electron chi connectivity index (χ3n) is 17.1. The van der Waals surface area contributed by atoms with E-state index >= 15 is 0 Å². The van der Waals surface area contributed by atoms with E-state index in [0.717, 1.165) is 71.1 Å². The standard InChI is InChI=1S/C66H74N4O10/c1-66-29-28-54-53-24-22-52(71)36-47(53)20-23-55(54)56(66)37-49(65(66)80)38-60(75)68-31-11-30-67-59(74)27-19-43-18-25-57(72)50(34-43)39-69(41-61(76)77)32-33-70(42-62(78)79)40-51-35-48(21-26-58(51)73)64(46-16-9-4-10-17-46)63(44-12-5-2-6-13-44)45-14-7-3-8-15-45/h2-10,12-18,21-22,24-26,34-36,49,54-56,65,71-73,80H,11,19-20,23,27-33,37-42H2,1H3,(H,67,74)(H,68,75)(H,76,77)(H,78,79)/t49?,54-,55-,56+,65?,66+/m1/s1. The van der Waals surface area contributed by atoms with Gasteiger partial charge in [0, 0.05) is 63.2 Å². The highest BCUT2D eigenvalue weighted by atomic mass is 16.4. The van der Waals surface area contributed by atoms with Gasteiger partial charge in [-0.1, -0.05) is 122 Å². The number of nitrogens with zero attached hydrogens (tertiary/aromatic N) is 2. The smallest absolute Gasteiger partial charge is 0.317 e. The van der Waals surface area contributed by atoms with E-state index in [1.54, 1.807) is 34.1 Å². The SMILES string of the molecule is C[C@]12CC[C@@H]3c4ccc(O)cc4CC[C@H]3[C@@H]1CC(CC(=O)NCCCNC(=O)CCc1ccc(O)c(CN(CCN(CC(=O)O)Cc3cc(C(=C(c4ccccc4)c4ccccc4)c4ccccc4)ccc3O)CC(=O)O)c1)C2O. The Morgan fingerprint density at radius 3 is 1.76 bits per heavy atom. The molecule has 0 heterocycles. The maximum Gasteiger partial charge on any atom is 0.317 e. The summed E-state index contributed by atoms with van der Waals surface area (Å²) in [6.07, 6.45) is 5.41. The molecule has 418 valence electrons. The van der Waals surface area contributed by atoms with E-state index in [9.17, 15) is 49.8 Å². The Morgan fingerprint density at radius 2 is 1.18 bits per heavy atom. The van der Waals surface area contributed by atoms with Gasteiger partial charge >= 0.3 is 11.9 Å². The van der Waals surface area contributed by atoms with E-state index in [4.69, 9.17) is 0 Å². The number of hydrogen-bond acceptors (Lipinski definition) is 10. The van der Waals surface area contributed by atoms with Crippen LogP contribution in [0.15, 0.2) is 146 Å². The van der Waals surface area contributed by atoms with Gasteiger partial charge in [0.05, 0.1) is 19.2 Å². The van der Waals surface area contributed by atoms with Crippen molar-refractivity contribution in [2.75, 3.05) is 39.3 Å². The summed E-state index contributed by atoms with van der Waals surface area (Å²) in [4.78, 5) is 54.0. The van der Waals surface area contributed by atoms with Crippen molar-refractivity contribution in [3.8, 4) is 17.2 Å². The number of carbonyl (C=O) groups is 4. The molecule has 3 aliphatic rings. The summed E-state index contributed by atoms with van der Waals surface area (Å²) >= 11 is 0. The van der Waals surface area contributed by atoms with E-state index < -0.39 is 24.6 Å². The first-order valence-corrected chi connectivity index (χ1v) is 28.1. The average molecular weight is 1080 g/mol. The Bertz CT molecular complexity index is 3130. The van der Waals surface area contributed by atoms with Gasteiger partial charge in [0.15, 0.2) is 0 Å². The molecule has 9 rings (SSSR count). The number of carbonyl (C=O) groups excluding carboxylic acids is 2. The fourth-order valence-corrected chi connectivity index (χ4v) is 13.2. The third kappa shape index (κ3) is 13.8. The normalized spacial score (nSPS) is 20.1. The number of aliphatic hydroxyl groups excluding tert-OH is 1. The van der Waals surface area contributed by atoms with E-state index in [-0.39, 0.29) is 80.2 Å². The number of carboxylic acids is 2. The first kappa shape index (κ1) is 56.9. The van der Waals surface area contributed by atoms with E-state index in [1.165, 1.54) is 17.2 Å². The number of aromatic hydroxyl groups is 3. The molecule has 0 saturated heterocycles. The monoisotopic (exact) mass is 1080 g/mol. The second-order valence-corrected chi connectivity index (χ2v) is 22.4. The van der Waals surface area contributed by atoms with Crippen molar-refractivity contribution in [2.45, 2.75) is 89.8 Å². The number of benzene rings is 6. The summed E-state index contributed by atoms with van der Waals surface area (Å²) in [7, 11) is 0. The van der Waals surface area contributed by atoms with Crippen LogP contribution >= 0.6 is 0 Å².